The Labute approximate surface area is 128 Å². The first kappa shape index (κ1) is 14.6. The van der Waals surface area contributed by atoms with Crippen molar-refractivity contribution in [3.05, 3.63) is 35.9 Å². The number of hydrogen-bond donors (Lipinski definition) is 1. The van der Waals surface area contributed by atoms with E-state index in [0.717, 1.165) is 18.7 Å². The normalized spacial score (nSPS) is 24.4. The van der Waals surface area contributed by atoms with Gasteiger partial charge in [-0.2, -0.15) is 5.26 Å². The maximum absolute atomic E-state index is 10.00. The highest BCUT2D eigenvalue weighted by Gasteiger charge is 2.43. The standard InChI is InChI=1S/C18H25N3/c1-17(2)11-6-12-21(17)14-18(13-19,20-16-9-10-16)15-7-4-3-5-8-15/h3-5,7-8,16,20H,6,9-12,14H2,1-2H3. The molecule has 3 nitrogen and oxygen atoms in total. The first-order valence-electron chi connectivity index (χ1n) is 8.05. The highest BCUT2D eigenvalue weighted by molar-refractivity contribution is 5.33. The summed E-state index contributed by atoms with van der Waals surface area (Å²) >= 11 is 0. The van der Waals surface area contributed by atoms with E-state index in [-0.39, 0.29) is 5.54 Å². The van der Waals surface area contributed by atoms with E-state index in [1.165, 1.54) is 25.7 Å². The van der Waals surface area contributed by atoms with Gasteiger partial charge in [-0.15, -0.1) is 0 Å². The fourth-order valence-corrected chi connectivity index (χ4v) is 3.39. The molecule has 1 heterocycles. The fourth-order valence-electron chi connectivity index (χ4n) is 3.39. The van der Waals surface area contributed by atoms with Crippen LogP contribution in [0.3, 0.4) is 0 Å². The van der Waals surface area contributed by atoms with E-state index in [2.05, 4.69) is 42.3 Å². The SMILES string of the molecule is CC1(C)CCCN1CC(C#N)(NC1CC1)c1ccccc1. The molecule has 0 amide bonds. The first-order valence-corrected chi connectivity index (χ1v) is 8.05. The van der Waals surface area contributed by atoms with Crippen molar-refractivity contribution in [2.24, 2.45) is 0 Å². The lowest BCUT2D eigenvalue weighted by Gasteiger charge is -2.39. The van der Waals surface area contributed by atoms with E-state index in [1.807, 2.05) is 18.2 Å². The molecule has 1 aromatic carbocycles. The molecule has 1 saturated carbocycles. The van der Waals surface area contributed by atoms with Crippen LogP contribution >= 0.6 is 0 Å². The van der Waals surface area contributed by atoms with Gasteiger partial charge in [0.25, 0.3) is 0 Å². The molecule has 1 atom stereocenters. The van der Waals surface area contributed by atoms with Crippen molar-refractivity contribution in [3.63, 3.8) is 0 Å². The Morgan fingerprint density at radius 3 is 2.57 bits per heavy atom. The molecule has 0 spiro atoms. The average Bonchev–Trinajstić information content (AvgIpc) is 3.23. The van der Waals surface area contributed by atoms with Gasteiger partial charge in [-0.1, -0.05) is 30.3 Å². The maximum Gasteiger partial charge on any atom is 0.145 e. The molecule has 1 saturated heterocycles. The summed E-state index contributed by atoms with van der Waals surface area (Å²) in [6.45, 7) is 6.46. The molecule has 21 heavy (non-hydrogen) atoms. The van der Waals surface area contributed by atoms with Crippen LogP contribution in [0, 0.1) is 11.3 Å². The van der Waals surface area contributed by atoms with E-state index < -0.39 is 5.54 Å². The van der Waals surface area contributed by atoms with Crippen LogP contribution in [0.25, 0.3) is 0 Å². The lowest BCUT2D eigenvalue weighted by Crippen LogP contribution is -2.54. The van der Waals surface area contributed by atoms with Crippen LogP contribution < -0.4 is 5.32 Å². The van der Waals surface area contributed by atoms with E-state index in [0.29, 0.717) is 6.04 Å². The lowest BCUT2D eigenvalue weighted by molar-refractivity contribution is 0.136. The molecule has 1 aromatic rings. The van der Waals surface area contributed by atoms with Crippen molar-refractivity contribution < 1.29 is 0 Å². The smallest absolute Gasteiger partial charge is 0.145 e. The van der Waals surface area contributed by atoms with Crippen LogP contribution in [0.5, 0.6) is 0 Å². The van der Waals surface area contributed by atoms with Gasteiger partial charge in [-0.25, -0.2) is 0 Å². The third-order valence-electron chi connectivity index (χ3n) is 4.99. The Hall–Kier alpha value is -1.37. The Balaban J connectivity index is 1.90. The second-order valence-corrected chi connectivity index (χ2v) is 7.14. The molecule has 1 N–H and O–H groups in total. The molecule has 1 aliphatic heterocycles. The Bertz CT molecular complexity index is 527. The number of benzene rings is 1. The number of rotatable bonds is 5. The number of nitriles is 1. The van der Waals surface area contributed by atoms with Gasteiger partial charge in [0.15, 0.2) is 0 Å². The summed E-state index contributed by atoms with van der Waals surface area (Å²) in [6, 6.07) is 13.4. The van der Waals surface area contributed by atoms with Crippen molar-refractivity contribution in [2.45, 2.75) is 56.7 Å². The molecule has 112 valence electrons. The predicted molar refractivity (Wildman–Crippen MR) is 84.8 cm³/mol. The fraction of sp³-hybridized carbons (Fsp3) is 0.611. The van der Waals surface area contributed by atoms with Gasteiger partial charge in [-0.05, 0) is 51.6 Å². The van der Waals surface area contributed by atoms with Gasteiger partial charge < -0.3 is 0 Å². The van der Waals surface area contributed by atoms with E-state index >= 15 is 0 Å². The van der Waals surface area contributed by atoms with Crippen molar-refractivity contribution in [1.29, 1.82) is 5.26 Å². The number of nitrogens with one attached hydrogen (secondary N) is 1. The largest absolute Gasteiger partial charge is 0.295 e. The Morgan fingerprint density at radius 2 is 2.05 bits per heavy atom. The van der Waals surface area contributed by atoms with Crippen LogP contribution in [0.4, 0.5) is 0 Å². The van der Waals surface area contributed by atoms with Crippen LogP contribution in [0.1, 0.15) is 45.1 Å². The summed E-state index contributed by atoms with van der Waals surface area (Å²) in [7, 11) is 0. The molecular weight excluding hydrogens is 258 g/mol. The van der Waals surface area contributed by atoms with E-state index in [4.69, 9.17) is 0 Å². The molecule has 2 fully saturated rings. The quantitative estimate of drug-likeness (QED) is 0.903. The van der Waals surface area contributed by atoms with Crippen LogP contribution in [-0.2, 0) is 5.54 Å². The average molecular weight is 283 g/mol. The van der Waals surface area contributed by atoms with Gasteiger partial charge >= 0.3 is 0 Å². The summed E-state index contributed by atoms with van der Waals surface area (Å²) in [6.07, 6.45) is 4.83. The predicted octanol–water partition coefficient (Wildman–Crippen LogP) is 3.03. The van der Waals surface area contributed by atoms with Gasteiger partial charge in [0.1, 0.15) is 5.54 Å². The zero-order valence-corrected chi connectivity index (χ0v) is 13.1. The molecule has 3 heteroatoms. The second kappa shape index (κ2) is 5.44. The molecule has 1 aliphatic carbocycles. The zero-order valence-electron chi connectivity index (χ0n) is 13.1. The number of likely N-dealkylation sites (tertiary alicyclic amines) is 1. The molecular formula is C18H25N3. The first-order chi connectivity index (χ1) is 10.1. The lowest BCUT2D eigenvalue weighted by atomic mass is 9.89. The zero-order chi connectivity index (χ0) is 14.9. The minimum atomic E-state index is -0.579. The molecule has 0 aromatic heterocycles. The van der Waals surface area contributed by atoms with Gasteiger partial charge in [-0.3, -0.25) is 10.2 Å². The van der Waals surface area contributed by atoms with Gasteiger partial charge in [0.05, 0.1) is 6.07 Å². The minimum Gasteiger partial charge on any atom is -0.295 e. The summed E-state index contributed by atoms with van der Waals surface area (Å²) in [5.74, 6) is 0. The highest BCUT2D eigenvalue weighted by Crippen LogP contribution is 2.34. The summed E-state index contributed by atoms with van der Waals surface area (Å²) in [5.41, 5.74) is 0.716. The summed E-state index contributed by atoms with van der Waals surface area (Å²) in [5, 5.41) is 13.6. The Morgan fingerprint density at radius 1 is 1.33 bits per heavy atom. The van der Waals surface area contributed by atoms with Crippen molar-refractivity contribution >= 4 is 0 Å². The highest BCUT2D eigenvalue weighted by atomic mass is 15.2. The molecule has 0 bridgehead atoms. The third kappa shape index (κ3) is 2.97. The van der Waals surface area contributed by atoms with Gasteiger partial charge in [0.2, 0.25) is 0 Å². The molecule has 3 rings (SSSR count). The summed E-state index contributed by atoms with van der Waals surface area (Å²) < 4.78 is 0. The van der Waals surface area contributed by atoms with Crippen molar-refractivity contribution in [2.75, 3.05) is 13.1 Å². The van der Waals surface area contributed by atoms with Crippen LogP contribution in [0.2, 0.25) is 0 Å². The van der Waals surface area contributed by atoms with Crippen molar-refractivity contribution in [1.82, 2.24) is 10.2 Å². The monoisotopic (exact) mass is 283 g/mol. The maximum atomic E-state index is 10.00. The second-order valence-electron chi connectivity index (χ2n) is 7.14. The number of nitrogens with zero attached hydrogens (tertiary/aromatic N) is 2. The minimum absolute atomic E-state index is 0.197. The molecule has 0 radical (unpaired) electrons. The van der Waals surface area contributed by atoms with Gasteiger partial charge in [0, 0.05) is 18.1 Å². The number of hydrogen-bond acceptors (Lipinski definition) is 3. The van der Waals surface area contributed by atoms with Crippen LogP contribution in [-0.4, -0.2) is 29.6 Å². The topological polar surface area (TPSA) is 39.1 Å². The Kier molecular flexibility index (Phi) is 3.77. The van der Waals surface area contributed by atoms with E-state index in [9.17, 15) is 5.26 Å². The summed E-state index contributed by atoms with van der Waals surface area (Å²) in [4.78, 5) is 2.48. The van der Waals surface area contributed by atoms with Crippen molar-refractivity contribution in [3.8, 4) is 6.07 Å². The molecule has 1 unspecified atom stereocenters. The third-order valence-corrected chi connectivity index (χ3v) is 4.99. The molecule has 2 aliphatic rings. The van der Waals surface area contributed by atoms with E-state index in [1.54, 1.807) is 0 Å². The van der Waals surface area contributed by atoms with Crippen LogP contribution in [0.15, 0.2) is 30.3 Å².